The zero-order valence-electron chi connectivity index (χ0n) is 20.4. The second-order valence-corrected chi connectivity index (χ2v) is 9.17. The van der Waals surface area contributed by atoms with Crippen LogP contribution < -0.4 is 10.3 Å². The molecule has 6 heteroatoms. The van der Waals surface area contributed by atoms with Crippen molar-refractivity contribution < 1.29 is 9.18 Å². The van der Waals surface area contributed by atoms with E-state index in [4.69, 9.17) is 0 Å². The zero-order valence-corrected chi connectivity index (χ0v) is 20.4. The maximum absolute atomic E-state index is 13.4. The molecule has 1 N–H and O–H groups in total. The molecule has 3 aromatic carbocycles. The fourth-order valence-corrected chi connectivity index (χ4v) is 4.63. The largest absolute Gasteiger partial charge is 0.372 e. The first kappa shape index (κ1) is 23.7. The summed E-state index contributed by atoms with van der Waals surface area (Å²) < 4.78 is 13.4. The minimum Gasteiger partial charge on any atom is -0.372 e. The van der Waals surface area contributed by atoms with Crippen LogP contribution in [0, 0.1) is 5.82 Å². The monoisotopic (exact) mass is 480 g/mol. The van der Waals surface area contributed by atoms with Crippen LogP contribution in [0.15, 0.2) is 84.0 Å². The van der Waals surface area contributed by atoms with E-state index in [-0.39, 0.29) is 11.7 Å². The number of hydrogen-bond acceptors (Lipinski definition) is 4. The summed E-state index contributed by atoms with van der Waals surface area (Å²) in [6, 6.07) is 23.7. The van der Waals surface area contributed by atoms with E-state index >= 15 is 0 Å². The van der Waals surface area contributed by atoms with Gasteiger partial charge in [0, 0.05) is 29.7 Å². The Kier molecular flexibility index (Phi) is 7.03. The number of halogens is 1. The van der Waals surface area contributed by atoms with Gasteiger partial charge in [-0.15, -0.1) is 0 Å². The van der Waals surface area contributed by atoms with E-state index in [2.05, 4.69) is 44.7 Å². The van der Waals surface area contributed by atoms with Gasteiger partial charge in [0.15, 0.2) is 0 Å². The van der Waals surface area contributed by atoms with Crippen LogP contribution in [0.4, 0.5) is 10.1 Å². The third-order valence-electron chi connectivity index (χ3n) is 6.68. The van der Waals surface area contributed by atoms with Crippen LogP contribution in [-0.2, 0) is 0 Å². The van der Waals surface area contributed by atoms with E-state index in [1.807, 2.05) is 31.2 Å². The Morgan fingerprint density at radius 3 is 2.33 bits per heavy atom. The summed E-state index contributed by atoms with van der Waals surface area (Å²) >= 11 is 0. The molecule has 0 aliphatic carbocycles. The Bertz CT molecular complexity index is 1390. The summed E-state index contributed by atoms with van der Waals surface area (Å²) in [6.07, 6.45) is 5.08. The van der Waals surface area contributed by atoms with Crippen molar-refractivity contribution in [3.8, 4) is 11.3 Å². The Morgan fingerprint density at radius 2 is 1.61 bits per heavy atom. The lowest BCUT2D eigenvalue weighted by Gasteiger charge is -2.22. The summed E-state index contributed by atoms with van der Waals surface area (Å²) in [7, 11) is 0. The molecule has 1 aliphatic heterocycles. The number of amides is 1. The number of benzene rings is 3. The normalized spacial score (nSPS) is 14.5. The third kappa shape index (κ3) is 5.28. The van der Waals surface area contributed by atoms with Gasteiger partial charge >= 0.3 is 0 Å². The highest BCUT2D eigenvalue weighted by atomic mass is 19.1. The van der Waals surface area contributed by atoms with Crippen molar-refractivity contribution in [2.45, 2.75) is 32.6 Å². The molecule has 5 nitrogen and oxygen atoms in total. The Morgan fingerprint density at radius 1 is 0.917 bits per heavy atom. The molecular weight excluding hydrogens is 451 g/mol. The van der Waals surface area contributed by atoms with Crippen molar-refractivity contribution in [2.75, 3.05) is 18.0 Å². The van der Waals surface area contributed by atoms with Gasteiger partial charge < -0.3 is 4.90 Å². The number of nitrogens with one attached hydrogen (secondary N) is 1. The molecule has 0 radical (unpaired) electrons. The van der Waals surface area contributed by atoms with E-state index in [0.717, 1.165) is 35.3 Å². The molecule has 1 amide bonds. The lowest BCUT2D eigenvalue weighted by Crippen LogP contribution is -2.23. The van der Waals surface area contributed by atoms with Gasteiger partial charge in [-0.2, -0.15) is 5.10 Å². The molecule has 36 heavy (non-hydrogen) atoms. The lowest BCUT2D eigenvalue weighted by atomic mass is 10.0. The van der Waals surface area contributed by atoms with E-state index in [1.165, 1.54) is 43.5 Å². The van der Waals surface area contributed by atoms with E-state index in [1.54, 1.807) is 18.2 Å². The average Bonchev–Trinajstić information content (AvgIpc) is 3.21. The molecule has 182 valence electrons. The van der Waals surface area contributed by atoms with Gasteiger partial charge in [0.2, 0.25) is 0 Å². The molecule has 1 aromatic heterocycles. The Hall–Kier alpha value is -4.06. The van der Waals surface area contributed by atoms with E-state index in [9.17, 15) is 9.18 Å². The van der Waals surface area contributed by atoms with Gasteiger partial charge in [0.25, 0.3) is 5.91 Å². The molecule has 4 aromatic rings. The standard InChI is InChI=1S/C30H29FN4O/c1-21(22-12-16-25(17-13-22)35-18-6-2-3-7-19-35)33-34-30(36)27-20-29(23-10-14-24(31)15-11-23)32-28-9-5-4-8-26(27)28/h4-5,8-17,20H,2-3,6-7,18-19H2,1H3,(H,34,36). The highest BCUT2D eigenvalue weighted by Gasteiger charge is 2.14. The number of hydrazone groups is 1. The highest BCUT2D eigenvalue weighted by molar-refractivity contribution is 6.08. The molecule has 5 rings (SSSR count). The Labute approximate surface area is 210 Å². The van der Waals surface area contributed by atoms with Crippen molar-refractivity contribution >= 4 is 28.2 Å². The number of hydrogen-bond donors (Lipinski definition) is 1. The minimum atomic E-state index is -0.322. The van der Waals surface area contributed by atoms with Crippen molar-refractivity contribution in [1.82, 2.24) is 10.4 Å². The number of aromatic nitrogens is 1. The fraction of sp³-hybridized carbons (Fsp3) is 0.233. The number of anilines is 1. The van der Waals surface area contributed by atoms with Gasteiger partial charge in [-0.3, -0.25) is 4.79 Å². The third-order valence-corrected chi connectivity index (χ3v) is 6.68. The van der Waals surface area contributed by atoms with Crippen LogP contribution in [0.1, 0.15) is 48.5 Å². The van der Waals surface area contributed by atoms with E-state index in [0.29, 0.717) is 16.8 Å². The second-order valence-electron chi connectivity index (χ2n) is 9.17. The molecule has 0 saturated carbocycles. The SMILES string of the molecule is CC(=NNC(=O)c1cc(-c2ccc(F)cc2)nc2ccccc12)c1ccc(N2CCCCCC2)cc1. The average molecular weight is 481 g/mol. The molecule has 0 atom stereocenters. The molecule has 2 heterocycles. The molecule has 1 saturated heterocycles. The number of rotatable bonds is 5. The maximum Gasteiger partial charge on any atom is 0.272 e. The molecule has 1 aliphatic rings. The summed E-state index contributed by atoms with van der Waals surface area (Å²) in [4.78, 5) is 20.3. The number of nitrogens with zero attached hydrogens (tertiary/aromatic N) is 3. The summed E-state index contributed by atoms with van der Waals surface area (Å²) in [6.45, 7) is 4.08. The topological polar surface area (TPSA) is 57.6 Å². The van der Waals surface area contributed by atoms with Gasteiger partial charge in [0.1, 0.15) is 5.82 Å². The first-order valence-electron chi connectivity index (χ1n) is 12.4. The first-order chi connectivity index (χ1) is 17.6. The van der Waals surface area contributed by atoms with Crippen LogP contribution in [0.3, 0.4) is 0 Å². The molecular formula is C30H29FN4O. The van der Waals surface area contributed by atoms with Crippen LogP contribution in [-0.4, -0.2) is 29.7 Å². The second kappa shape index (κ2) is 10.7. The van der Waals surface area contributed by atoms with Gasteiger partial charge in [-0.25, -0.2) is 14.8 Å². The minimum absolute atomic E-state index is 0.318. The van der Waals surface area contributed by atoms with Crippen molar-refractivity contribution in [2.24, 2.45) is 5.10 Å². The van der Waals surface area contributed by atoms with Crippen LogP contribution in [0.2, 0.25) is 0 Å². The Balaban J connectivity index is 1.37. The zero-order chi connectivity index (χ0) is 24.9. The van der Waals surface area contributed by atoms with Crippen LogP contribution in [0.5, 0.6) is 0 Å². The molecule has 0 spiro atoms. The maximum atomic E-state index is 13.4. The molecule has 1 fully saturated rings. The van der Waals surface area contributed by atoms with Crippen molar-refractivity contribution in [1.29, 1.82) is 0 Å². The highest BCUT2D eigenvalue weighted by Crippen LogP contribution is 2.25. The van der Waals surface area contributed by atoms with Crippen LogP contribution in [0.25, 0.3) is 22.2 Å². The van der Waals surface area contributed by atoms with Crippen molar-refractivity contribution in [3.05, 3.63) is 95.8 Å². The predicted molar refractivity (Wildman–Crippen MR) is 144 cm³/mol. The number of carbonyl (C=O) groups excluding carboxylic acids is 1. The van der Waals surface area contributed by atoms with Gasteiger partial charge in [0.05, 0.1) is 22.5 Å². The summed E-state index contributed by atoms with van der Waals surface area (Å²) in [5.74, 6) is -0.640. The smallest absolute Gasteiger partial charge is 0.272 e. The van der Waals surface area contributed by atoms with E-state index < -0.39 is 0 Å². The van der Waals surface area contributed by atoms with Crippen LogP contribution >= 0.6 is 0 Å². The quantitative estimate of drug-likeness (QED) is 0.259. The predicted octanol–water partition coefficient (Wildman–Crippen LogP) is 6.58. The van der Waals surface area contributed by atoms with Gasteiger partial charge in [-0.1, -0.05) is 43.2 Å². The number of carbonyl (C=O) groups is 1. The fourth-order valence-electron chi connectivity index (χ4n) is 4.63. The number of fused-ring (bicyclic) bond motifs is 1. The summed E-state index contributed by atoms with van der Waals surface area (Å²) in [5.41, 5.74) is 8.12. The van der Waals surface area contributed by atoms with Gasteiger partial charge in [-0.05, 0) is 73.9 Å². The summed E-state index contributed by atoms with van der Waals surface area (Å²) in [5, 5.41) is 5.11. The van der Waals surface area contributed by atoms with Crippen molar-refractivity contribution in [3.63, 3.8) is 0 Å². The number of pyridine rings is 1. The molecule has 0 unspecified atom stereocenters. The lowest BCUT2D eigenvalue weighted by molar-refractivity contribution is 0.0956. The number of para-hydroxylation sites is 1. The molecule has 0 bridgehead atoms. The first-order valence-corrected chi connectivity index (χ1v) is 12.4.